The smallest absolute Gasteiger partial charge is 0.234 e. The molecule has 0 spiro atoms. The molecule has 8 nitrogen and oxygen atoms in total. The van der Waals surface area contributed by atoms with Crippen LogP contribution in [0, 0.1) is 5.41 Å². The molecule has 2 heterocycles. The first kappa shape index (κ1) is 19.4. The second-order valence-corrected chi connectivity index (χ2v) is 8.97. The molecule has 0 atom stereocenters. The summed E-state index contributed by atoms with van der Waals surface area (Å²) in [4.78, 5) is 24.1. The molecule has 144 valence electrons. The van der Waals surface area contributed by atoms with Crippen LogP contribution in [0.2, 0.25) is 0 Å². The van der Waals surface area contributed by atoms with Gasteiger partial charge in [-0.15, -0.1) is 10.2 Å². The Morgan fingerprint density at radius 1 is 1.15 bits per heavy atom. The minimum absolute atomic E-state index is 0.133. The highest BCUT2D eigenvalue weighted by molar-refractivity contribution is 8.01. The zero-order valence-corrected chi connectivity index (χ0v) is 16.8. The van der Waals surface area contributed by atoms with Gasteiger partial charge in [-0.05, 0) is 12.1 Å². The highest BCUT2D eigenvalue weighted by Gasteiger charge is 2.22. The van der Waals surface area contributed by atoms with Gasteiger partial charge in [0.25, 0.3) is 0 Å². The number of nitrogens with one attached hydrogen (secondary N) is 2. The van der Waals surface area contributed by atoms with Crippen LogP contribution in [-0.2, 0) is 9.59 Å². The average Bonchev–Trinajstić information content (AvgIpc) is 3.06. The highest BCUT2D eigenvalue weighted by Crippen LogP contribution is 2.33. The van der Waals surface area contributed by atoms with Crippen molar-refractivity contribution in [3.8, 4) is 11.5 Å². The lowest BCUT2D eigenvalue weighted by molar-refractivity contribution is -0.123. The summed E-state index contributed by atoms with van der Waals surface area (Å²) >= 11 is 2.49. The number of rotatable bonds is 5. The molecule has 2 N–H and O–H groups in total. The third-order valence-corrected chi connectivity index (χ3v) is 5.43. The molecule has 1 aliphatic heterocycles. The van der Waals surface area contributed by atoms with Gasteiger partial charge in [0.05, 0.1) is 5.75 Å². The van der Waals surface area contributed by atoms with Gasteiger partial charge in [-0.25, -0.2) is 0 Å². The van der Waals surface area contributed by atoms with Crippen LogP contribution in [0.5, 0.6) is 11.5 Å². The standard InChI is InChI=1S/C17H20N4O4S2/c1-17(2,3)14(23)19-15-20-21-16(27-15)26-9-13(22)18-10-4-5-11-12(8-10)25-7-6-24-11/h4-5,8H,6-7,9H2,1-3H3,(H,18,22)(H,19,20,23). The third kappa shape index (κ3) is 5.33. The van der Waals surface area contributed by atoms with Gasteiger partial charge in [-0.1, -0.05) is 43.9 Å². The summed E-state index contributed by atoms with van der Waals surface area (Å²) in [6.45, 7) is 6.48. The number of hydrogen-bond donors (Lipinski definition) is 2. The maximum Gasteiger partial charge on any atom is 0.234 e. The van der Waals surface area contributed by atoms with E-state index in [0.717, 1.165) is 0 Å². The molecule has 3 rings (SSSR count). The van der Waals surface area contributed by atoms with E-state index in [2.05, 4.69) is 20.8 Å². The minimum Gasteiger partial charge on any atom is -0.486 e. The van der Waals surface area contributed by atoms with Crippen molar-refractivity contribution in [3.63, 3.8) is 0 Å². The van der Waals surface area contributed by atoms with Gasteiger partial charge in [0.15, 0.2) is 15.8 Å². The molecule has 0 aliphatic carbocycles. The molecule has 0 saturated carbocycles. The summed E-state index contributed by atoms with van der Waals surface area (Å²) < 4.78 is 11.6. The van der Waals surface area contributed by atoms with Crippen LogP contribution in [-0.4, -0.2) is 41.0 Å². The van der Waals surface area contributed by atoms with Gasteiger partial charge < -0.3 is 20.1 Å². The maximum absolute atomic E-state index is 12.2. The average molecular weight is 409 g/mol. The van der Waals surface area contributed by atoms with E-state index in [4.69, 9.17) is 9.47 Å². The number of hydrogen-bond acceptors (Lipinski definition) is 8. The quantitative estimate of drug-likeness (QED) is 0.579. The number of ether oxygens (including phenoxy) is 2. The topological polar surface area (TPSA) is 102 Å². The molecular formula is C17H20N4O4S2. The monoisotopic (exact) mass is 408 g/mol. The molecule has 0 bridgehead atoms. The molecule has 0 radical (unpaired) electrons. The van der Waals surface area contributed by atoms with Gasteiger partial charge in [-0.2, -0.15) is 0 Å². The fraction of sp³-hybridized carbons (Fsp3) is 0.412. The SMILES string of the molecule is CC(C)(C)C(=O)Nc1nnc(SCC(=O)Nc2ccc3c(c2)OCCO3)s1. The fourth-order valence-corrected chi connectivity index (χ4v) is 3.60. The summed E-state index contributed by atoms with van der Waals surface area (Å²) in [6, 6.07) is 5.27. The van der Waals surface area contributed by atoms with Crippen LogP contribution in [0.15, 0.2) is 22.5 Å². The van der Waals surface area contributed by atoms with E-state index in [1.54, 1.807) is 18.2 Å². The molecule has 0 saturated heterocycles. The van der Waals surface area contributed by atoms with Crippen molar-refractivity contribution in [2.45, 2.75) is 25.1 Å². The van der Waals surface area contributed by atoms with Crippen molar-refractivity contribution in [1.82, 2.24) is 10.2 Å². The Hall–Kier alpha value is -2.33. The Morgan fingerprint density at radius 2 is 1.89 bits per heavy atom. The zero-order valence-electron chi connectivity index (χ0n) is 15.2. The molecule has 2 aromatic rings. The lowest BCUT2D eigenvalue weighted by Crippen LogP contribution is -2.27. The number of carbonyl (C=O) groups is 2. The van der Waals surface area contributed by atoms with Crippen LogP contribution in [0.1, 0.15) is 20.8 Å². The number of fused-ring (bicyclic) bond motifs is 1. The van der Waals surface area contributed by atoms with E-state index in [-0.39, 0.29) is 17.6 Å². The van der Waals surface area contributed by atoms with Crippen molar-refractivity contribution in [3.05, 3.63) is 18.2 Å². The van der Waals surface area contributed by atoms with Crippen LogP contribution in [0.4, 0.5) is 10.8 Å². The number of anilines is 2. The predicted octanol–water partition coefficient (Wildman–Crippen LogP) is 3.02. The summed E-state index contributed by atoms with van der Waals surface area (Å²) in [5.74, 6) is 1.16. The second-order valence-electron chi connectivity index (χ2n) is 6.77. The molecule has 2 amide bonds. The summed E-state index contributed by atoms with van der Waals surface area (Å²) in [6.07, 6.45) is 0. The van der Waals surface area contributed by atoms with E-state index in [1.165, 1.54) is 23.1 Å². The van der Waals surface area contributed by atoms with Gasteiger partial charge in [0.1, 0.15) is 13.2 Å². The van der Waals surface area contributed by atoms with Crippen molar-refractivity contribution in [2.24, 2.45) is 5.41 Å². The normalized spacial score (nSPS) is 13.1. The summed E-state index contributed by atoms with van der Waals surface area (Å²) in [7, 11) is 0. The Kier molecular flexibility index (Phi) is 5.85. The number of nitrogens with zero attached hydrogens (tertiary/aromatic N) is 2. The highest BCUT2D eigenvalue weighted by atomic mass is 32.2. The first-order valence-corrected chi connectivity index (χ1v) is 10.1. The maximum atomic E-state index is 12.2. The van der Waals surface area contributed by atoms with Crippen molar-refractivity contribution in [1.29, 1.82) is 0 Å². The number of benzene rings is 1. The lowest BCUT2D eigenvalue weighted by atomic mass is 9.96. The molecule has 0 fully saturated rings. The molecule has 1 aromatic heterocycles. The number of amides is 2. The van der Waals surface area contributed by atoms with Crippen LogP contribution in [0.3, 0.4) is 0 Å². The van der Waals surface area contributed by atoms with E-state index in [9.17, 15) is 9.59 Å². The molecule has 0 unspecified atom stereocenters. The first-order valence-electron chi connectivity index (χ1n) is 8.28. The number of aromatic nitrogens is 2. The van der Waals surface area contributed by atoms with Crippen LogP contribution < -0.4 is 20.1 Å². The van der Waals surface area contributed by atoms with E-state index in [1.807, 2.05) is 20.8 Å². The second kappa shape index (κ2) is 8.13. The van der Waals surface area contributed by atoms with E-state index >= 15 is 0 Å². The van der Waals surface area contributed by atoms with Gasteiger partial charge >= 0.3 is 0 Å². The fourth-order valence-electron chi connectivity index (χ4n) is 2.05. The van der Waals surface area contributed by atoms with Crippen molar-refractivity contribution < 1.29 is 19.1 Å². The Bertz CT molecular complexity index is 848. The van der Waals surface area contributed by atoms with E-state index in [0.29, 0.717) is 39.9 Å². The Balaban J connectivity index is 1.50. The van der Waals surface area contributed by atoms with Gasteiger partial charge in [0, 0.05) is 17.2 Å². The molecule has 1 aromatic carbocycles. The predicted molar refractivity (Wildman–Crippen MR) is 105 cm³/mol. The van der Waals surface area contributed by atoms with Gasteiger partial charge in [-0.3, -0.25) is 9.59 Å². The Labute approximate surface area is 165 Å². The third-order valence-electron chi connectivity index (χ3n) is 3.46. The number of thioether (sulfide) groups is 1. The molecule has 10 heteroatoms. The van der Waals surface area contributed by atoms with Crippen molar-refractivity contribution in [2.75, 3.05) is 29.6 Å². The van der Waals surface area contributed by atoms with Crippen molar-refractivity contribution >= 4 is 45.7 Å². The lowest BCUT2D eigenvalue weighted by Gasteiger charge is -2.18. The van der Waals surface area contributed by atoms with E-state index < -0.39 is 5.41 Å². The Morgan fingerprint density at radius 3 is 2.63 bits per heavy atom. The first-order chi connectivity index (χ1) is 12.8. The zero-order chi connectivity index (χ0) is 19.4. The number of carbonyl (C=O) groups excluding carboxylic acids is 2. The minimum atomic E-state index is -0.511. The summed E-state index contributed by atoms with van der Waals surface area (Å²) in [5.41, 5.74) is 0.128. The summed E-state index contributed by atoms with van der Waals surface area (Å²) in [5, 5.41) is 13.9. The molecule has 1 aliphatic rings. The van der Waals surface area contributed by atoms with Gasteiger partial charge in [0.2, 0.25) is 16.9 Å². The van der Waals surface area contributed by atoms with Crippen LogP contribution in [0.25, 0.3) is 0 Å². The largest absolute Gasteiger partial charge is 0.486 e. The molecular weight excluding hydrogens is 388 g/mol. The molecule has 27 heavy (non-hydrogen) atoms. The van der Waals surface area contributed by atoms with Crippen LogP contribution >= 0.6 is 23.1 Å².